The van der Waals surface area contributed by atoms with Gasteiger partial charge in [-0.1, -0.05) is 48.0 Å². The van der Waals surface area contributed by atoms with Crippen LogP contribution in [0.25, 0.3) is 0 Å². The minimum absolute atomic E-state index is 0.268. The molecule has 0 spiro atoms. The lowest BCUT2D eigenvalue weighted by molar-refractivity contribution is 0.439. The summed E-state index contributed by atoms with van der Waals surface area (Å²) in [6.45, 7) is 2.05. The Labute approximate surface area is 119 Å². The first-order valence-corrected chi connectivity index (χ1v) is 7.09. The molecule has 1 nitrogen and oxygen atoms in total. The monoisotopic (exact) mass is 271 g/mol. The molecule has 2 aromatic carbocycles. The number of aryl methyl sites for hydroxylation is 2. The lowest BCUT2D eigenvalue weighted by atomic mass is 9.86. The van der Waals surface area contributed by atoms with Gasteiger partial charge in [-0.2, -0.15) is 0 Å². The van der Waals surface area contributed by atoms with Crippen molar-refractivity contribution in [1.82, 2.24) is 0 Å². The summed E-state index contributed by atoms with van der Waals surface area (Å²) in [7, 11) is 0. The number of hydrogen-bond acceptors (Lipinski definition) is 1. The van der Waals surface area contributed by atoms with Crippen molar-refractivity contribution >= 4 is 11.6 Å². The van der Waals surface area contributed by atoms with Crippen LogP contribution in [-0.2, 0) is 18.4 Å². The zero-order valence-electron chi connectivity index (χ0n) is 11.1. The summed E-state index contributed by atoms with van der Waals surface area (Å²) in [5, 5.41) is 0.828. The zero-order valence-corrected chi connectivity index (χ0v) is 11.9. The standard InChI is InChI=1S/C17H18ClN/c1-12-6-7-14(16(18)10-12)11-17(19)9-8-13-4-2-3-5-15(13)17/h2-7,10H,8-9,11,19H2,1H3. The van der Waals surface area contributed by atoms with Gasteiger partial charge in [0.1, 0.15) is 0 Å². The van der Waals surface area contributed by atoms with Crippen LogP contribution in [0.15, 0.2) is 42.5 Å². The Hall–Kier alpha value is -1.31. The maximum absolute atomic E-state index is 6.65. The summed E-state index contributed by atoms with van der Waals surface area (Å²) in [4.78, 5) is 0. The largest absolute Gasteiger partial charge is 0.321 e. The second-order valence-electron chi connectivity index (χ2n) is 5.58. The van der Waals surface area contributed by atoms with E-state index in [2.05, 4.69) is 43.3 Å². The Morgan fingerprint density at radius 3 is 2.79 bits per heavy atom. The molecule has 1 unspecified atom stereocenters. The molecule has 0 saturated heterocycles. The van der Waals surface area contributed by atoms with Crippen LogP contribution in [0.4, 0.5) is 0 Å². The van der Waals surface area contributed by atoms with E-state index in [4.69, 9.17) is 17.3 Å². The molecule has 0 fully saturated rings. The predicted molar refractivity (Wildman–Crippen MR) is 80.5 cm³/mol. The number of halogens is 1. The summed E-state index contributed by atoms with van der Waals surface area (Å²) in [6, 6.07) is 14.7. The van der Waals surface area contributed by atoms with Gasteiger partial charge >= 0.3 is 0 Å². The Morgan fingerprint density at radius 2 is 2.00 bits per heavy atom. The maximum Gasteiger partial charge on any atom is 0.0456 e. The van der Waals surface area contributed by atoms with Crippen molar-refractivity contribution in [2.45, 2.75) is 31.7 Å². The quantitative estimate of drug-likeness (QED) is 0.878. The third-order valence-electron chi connectivity index (χ3n) is 4.11. The minimum Gasteiger partial charge on any atom is -0.321 e. The van der Waals surface area contributed by atoms with E-state index in [9.17, 15) is 0 Å². The van der Waals surface area contributed by atoms with Crippen LogP contribution < -0.4 is 5.73 Å². The molecule has 2 heteroatoms. The van der Waals surface area contributed by atoms with Crippen LogP contribution in [0.2, 0.25) is 5.02 Å². The lowest BCUT2D eigenvalue weighted by Gasteiger charge is -2.26. The summed E-state index contributed by atoms with van der Waals surface area (Å²) in [5.74, 6) is 0. The van der Waals surface area contributed by atoms with E-state index < -0.39 is 0 Å². The number of hydrogen-bond donors (Lipinski definition) is 1. The van der Waals surface area contributed by atoms with Crippen molar-refractivity contribution in [3.8, 4) is 0 Å². The third-order valence-corrected chi connectivity index (χ3v) is 4.46. The van der Waals surface area contributed by atoms with E-state index in [0.717, 1.165) is 29.8 Å². The van der Waals surface area contributed by atoms with Gasteiger partial charge in [0.25, 0.3) is 0 Å². The fourth-order valence-electron chi connectivity index (χ4n) is 3.04. The maximum atomic E-state index is 6.65. The smallest absolute Gasteiger partial charge is 0.0456 e. The summed E-state index contributed by atoms with van der Waals surface area (Å²) in [6.07, 6.45) is 2.87. The molecule has 2 aromatic rings. The van der Waals surface area contributed by atoms with Gasteiger partial charge in [-0.3, -0.25) is 0 Å². The van der Waals surface area contributed by atoms with Gasteiger partial charge in [0, 0.05) is 10.6 Å². The number of fused-ring (bicyclic) bond motifs is 1. The molecule has 3 rings (SSSR count). The molecule has 1 atom stereocenters. The van der Waals surface area contributed by atoms with Crippen LogP contribution in [0.1, 0.15) is 28.7 Å². The van der Waals surface area contributed by atoms with Crippen molar-refractivity contribution in [2.75, 3.05) is 0 Å². The van der Waals surface area contributed by atoms with Crippen LogP contribution in [0, 0.1) is 6.92 Å². The molecule has 0 radical (unpaired) electrons. The van der Waals surface area contributed by atoms with Crippen LogP contribution in [-0.4, -0.2) is 0 Å². The van der Waals surface area contributed by atoms with E-state index in [0.29, 0.717) is 0 Å². The first-order valence-electron chi connectivity index (χ1n) is 6.71. The summed E-state index contributed by atoms with van der Waals surface area (Å²) < 4.78 is 0. The average Bonchev–Trinajstić information content (AvgIpc) is 2.72. The molecule has 0 aromatic heterocycles. The highest BCUT2D eigenvalue weighted by atomic mass is 35.5. The molecule has 98 valence electrons. The Balaban J connectivity index is 1.95. The molecule has 0 amide bonds. The van der Waals surface area contributed by atoms with E-state index in [1.165, 1.54) is 16.7 Å². The Morgan fingerprint density at radius 1 is 1.21 bits per heavy atom. The van der Waals surface area contributed by atoms with Gasteiger partial charge in [0.2, 0.25) is 0 Å². The molecule has 0 bridgehead atoms. The average molecular weight is 272 g/mol. The Bertz CT molecular complexity index is 620. The molecule has 0 aliphatic heterocycles. The molecule has 0 saturated carbocycles. The van der Waals surface area contributed by atoms with Crippen molar-refractivity contribution in [1.29, 1.82) is 0 Å². The number of benzene rings is 2. The molecular weight excluding hydrogens is 254 g/mol. The van der Waals surface area contributed by atoms with E-state index >= 15 is 0 Å². The van der Waals surface area contributed by atoms with Crippen LogP contribution in [0.3, 0.4) is 0 Å². The van der Waals surface area contributed by atoms with Crippen LogP contribution in [0.5, 0.6) is 0 Å². The highest BCUT2D eigenvalue weighted by Crippen LogP contribution is 2.38. The second kappa shape index (κ2) is 4.66. The number of rotatable bonds is 2. The molecule has 0 heterocycles. The highest BCUT2D eigenvalue weighted by Gasteiger charge is 2.35. The fourth-order valence-corrected chi connectivity index (χ4v) is 3.34. The molecule has 1 aliphatic carbocycles. The van der Waals surface area contributed by atoms with Crippen molar-refractivity contribution in [2.24, 2.45) is 5.73 Å². The van der Waals surface area contributed by atoms with Gasteiger partial charge in [-0.25, -0.2) is 0 Å². The van der Waals surface area contributed by atoms with Crippen molar-refractivity contribution in [3.63, 3.8) is 0 Å². The van der Waals surface area contributed by atoms with E-state index in [-0.39, 0.29) is 5.54 Å². The van der Waals surface area contributed by atoms with Gasteiger partial charge < -0.3 is 5.73 Å². The fraction of sp³-hybridized carbons (Fsp3) is 0.294. The topological polar surface area (TPSA) is 26.0 Å². The molecule has 2 N–H and O–H groups in total. The van der Waals surface area contributed by atoms with Crippen LogP contribution >= 0.6 is 11.6 Å². The van der Waals surface area contributed by atoms with Crippen molar-refractivity contribution in [3.05, 3.63) is 69.7 Å². The molecule has 19 heavy (non-hydrogen) atoms. The minimum atomic E-state index is -0.268. The van der Waals surface area contributed by atoms with E-state index in [1.807, 2.05) is 6.07 Å². The van der Waals surface area contributed by atoms with E-state index in [1.54, 1.807) is 0 Å². The summed E-state index contributed by atoms with van der Waals surface area (Å²) >= 11 is 6.34. The Kier molecular flexibility index (Phi) is 3.12. The van der Waals surface area contributed by atoms with Gasteiger partial charge in [0.15, 0.2) is 0 Å². The predicted octanol–water partition coefficient (Wildman–Crippen LogP) is 3.99. The first kappa shape index (κ1) is 12.7. The van der Waals surface area contributed by atoms with Gasteiger partial charge in [-0.05, 0) is 54.5 Å². The highest BCUT2D eigenvalue weighted by molar-refractivity contribution is 6.31. The second-order valence-corrected chi connectivity index (χ2v) is 5.99. The zero-order chi connectivity index (χ0) is 13.5. The number of nitrogens with two attached hydrogens (primary N) is 1. The third kappa shape index (κ3) is 2.29. The van der Waals surface area contributed by atoms with Gasteiger partial charge in [-0.15, -0.1) is 0 Å². The lowest BCUT2D eigenvalue weighted by Crippen LogP contribution is -2.36. The molecular formula is C17H18ClN. The summed E-state index contributed by atoms with van der Waals surface area (Å²) in [5.41, 5.74) is 11.4. The first-order chi connectivity index (χ1) is 9.08. The normalized spacial score (nSPS) is 21.4. The SMILES string of the molecule is Cc1ccc(CC2(N)CCc3ccccc32)c(Cl)c1. The van der Waals surface area contributed by atoms with Gasteiger partial charge in [0.05, 0.1) is 0 Å². The molecule has 1 aliphatic rings. The van der Waals surface area contributed by atoms with Crippen molar-refractivity contribution < 1.29 is 0 Å².